The van der Waals surface area contributed by atoms with Gasteiger partial charge in [0.2, 0.25) is 0 Å². The average Bonchev–Trinajstić information content (AvgIpc) is 2.79. The average molecular weight is 417 g/mol. The molecular formula is C25H28N4O2. The zero-order valence-corrected chi connectivity index (χ0v) is 18.0. The van der Waals surface area contributed by atoms with Gasteiger partial charge in [0.05, 0.1) is 11.3 Å². The minimum absolute atomic E-state index is 0.0153. The first kappa shape index (κ1) is 20.7. The largest absolute Gasteiger partial charge is 0.377 e. The summed E-state index contributed by atoms with van der Waals surface area (Å²) >= 11 is 0. The highest BCUT2D eigenvalue weighted by Crippen LogP contribution is 2.27. The third kappa shape index (κ3) is 4.63. The lowest BCUT2D eigenvalue weighted by atomic mass is 10.1. The molecule has 0 unspecified atom stereocenters. The number of fused-ring (bicyclic) bond motifs is 1. The molecule has 0 bridgehead atoms. The fourth-order valence-corrected chi connectivity index (χ4v) is 4.06. The summed E-state index contributed by atoms with van der Waals surface area (Å²) in [4.78, 5) is 29.7. The highest BCUT2D eigenvalue weighted by molar-refractivity contribution is 6.07. The summed E-state index contributed by atoms with van der Waals surface area (Å²) in [5, 5.41) is 7.84. The molecule has 31 heavy (non-hydrogen) atoms. The van der Waals surface area contributed by atoms with E-state index in [1.807, 2.05) is 78.5 Å². The second-order valence-electron chi connectivity index (χ2n) is 8.09. The number of nitrogens with zero attached hydrogens (tertiary/aromatic N) is 2. The molecule has 0 spiro atoms. The molecule has 160 valence electrons. The van der Waals surface area contributed by atoms with Crippen LogP contribution in [0.1, 0.15) is 29.6 Å². The Morgan fingerprint density at radius 3 is 2.39 bits per heavy atom. The number of nitrogens with one attached hydrogen (secondary N) is 2. The molecule has 0 atom stereocenters. The second kappa shape index (κ2) is 9.08. The van der Waals surface area contributed by atoms with E-state index in [0.29, 0.717) is 11.3 Å². The first-order chi connectivity index (χ1) is 15.0. The van der Waals surface area contributed by atoms with Gasteiger partial charge >= 0.3 is 6.03 Å². The molecule has 0 aromatic heterocycles. The molecule has 3 aromatic carbocycles. The summed E-state index contributed by atoms with van der Waals surface area (Å²) in [7, 11) is 3.84. The maximum Gasteiger partial charge on any atom is 0.323 e. The van der Waals surface area contributed by atoms with Gasteiger partial charge in [-0.3, -0.25) is 4.79 Å². The number of hydrogen-bond donors (Lipinski definition) is 2. The molecule has 6 nitrogen and oxygen atoms in total. The SMILES string of the molecule is CN(C)c1ccc(NC(=O)Nc2cccc3ccccc23)cc1C(=O)N1CCCCC1. The van der Waals surface area contributed by atoms with Crippen LogP contribution in [0, 0.1) is 0 Å². The van der Waals surface area contributed by atoms with Crippen molar-refractivity contribution in [1.82, 2.24) is 4.90 Å². The number of piperidine rings is 1. The van der Waals surface area contributed by atoms with E-state index in [9.17, 15) is 9.59 Å². The van der Waals surface area contributed by atoms with Crippen LogP contribution in [0.3, 0.4) is 0 Å². The predicted molar refractivity (Wildman–Crippen MR) is 127 cm³/mol. The summed E-state index contributed by atoms with van der Waals surface area (Å²) in [6, 6.07) is 18.8. The molecule has 1 aliphatic heterocycles. The fraction of sp³-hybridized carbons (Fsp3) is 0.280. The van der Waals surface area contributed by atoms with Crippen molar-refractivity contribution in [2.24, 2.45) is 0 Å². The lowest BCUT2D eigenvalue weighted by Crippen LogP contribution is -2.36. The van der Waals surface area contributed by atoms with Crippen LogP contribution in [0.4, 0.5) is 21.9 Å². The smallest absolute Gasteiger partial charge is 0.323 e. The molecule has 0 aliphatic carbocycles. The van der Waals surface area contributed by atoms with Crippen molar-refractivity contribution in [1.29, 1.82) is 0 Å². The molecule has 4 rings (SSSR count). The van der Waals surface area contributed by atoms with Crippen molar-refractivity contribution in [2.75, 3.05) is 42.7 Å². The Morgan fingerprint density at radius 2 is 1.61 bits per heavy atom. The first-order valence-corrected chi connectivity index (χ1v) is 10.7. The molecule has 1 heterocycles. The van der Waals surface area contributed by atoms with Gasteiger partial charge in [0.25, 0.3) is 5.91 Å². The van der Waals surface area contributed by atoms with Crippen LogP contribution < -0.4 is 15.5 Å². The minimum Gasteiger partial charge on any atom is -0.377 e. The lowest BCUT2D eigenvalue weighted by molar-refractivity contribution is 0.0725. The first-order valence-electron chi connectivity index (χ1n) is 10.7. The molecule has 0 saturated carbocycles. The molecule has 3 amide bonds. The van der Waals surface area contributed by atoms with Crippen molar-refractivity contribution < 1.29 is 9.59 Å². The van der Waals surface area contributed by atoms with Crippen molar-refractivity contribution >= 4 is 39.8 Å². The van der Waals surface area contributed by atoms with Gasteiger partial charge in [0.15, 0.2) is 0 Å². The number of amides is 3. The minimum atomic E-state index is -0.342. The molecule has 1 saturated heterocycles. The molecule has 6 heteroatoms. The highest BCUT2D eigenvalue weighted by Gasteiger charge is 2.22. The molecule has 1 fully saturated rings. The van der Waals surface area contributed by atoms with Crippen molar-refractivity contribution in [3.63, 3.8) is 0 Å². The van der Waals surface area contributed by atoms with Crippen LogP contribution in [0.5, 0.6) is 0 Å². The molecule has 1 aliphatic rings. The Bertz CT molecular complexity index is 1100. The van der Waals surface area contributed by atoms with Gasteiger partial charge in [0, 0.05) is 43.9 Å². The van der Waals surface area contributed by atoms with Gasteiger partial charge in [-0.15, -0.1) is 0 Å². The van der Waals surface area contributed by atoms with Gasteiger partial charge in [0.1, 0.15) is 0 Å². The topological polar surface area (TPSA) is 64.7 Å². The van der Waals surface area contributed by atoms with Crippen molar-refractivity contribution in [3.8, 4) is 0 Å². The number of urea groups is 1. The number of anilines is 3. The van der Waals surface area contributed by atoms with E-state index in [4.69, 9.17) is 0 Å². The van der Waals surface area contributed by atoms with Crippen LogP contribution in [-0.2, 0) is 0 Å². The zero-order chi connectivity index (χ0) is 21.8. The molecule has 3 aromatic rings. The Morgan fingerprint density at radius 1 is 0.871 bits per heavy atom. The van der Waals surface area contributed by atoms with E-state index in [1.54, 1.807) is 6.07 Å². The maximum absolute atomic E-state index is 13.2. The van der Waals surface area contributed by atoms with Crippen LogP contribution in [0.2, 0.25) is 0 Å². The van der Waals surface area contributed by atoms with E-state index in [-0.39, 0.29) is 11.9 Å². The third-order valence-corrected chi connectivity index (χ3v) is 5.65. The van der Waals surface area contributed by atoms with E-state index < -0.39 is 0 Å². The summed E-state index contributed by atoms with van der Waals surface area (Å²) in [6.07, 6.45) is 3.24. The Labute approximate surface area is 182 Å². The van der Waals surface area contributed by atoms with Crippen molar-refractivity contribution in [2.45, 2.75) is 19.3 Å². The number of hydrogen-bond acceptors (Lipinski definition) is 3. The van der Waals surface area contributed by atoms with Crippen LogP contribution in [-0.4, -0.2) is 44.0 Å². The van der Waals surface area contributed by atoms with E-state index in [2.05, 4.69) is 10.6 Å². The fourth-order valence-electron chi connectivity index (χ4n) is 4.06. The van der Waals surface area contributed by atoms with Crippen LogP contribution >= 0.6 is 0 Å². The van der Waals surface area contributed by atoms with E-state index >= 15 is 0 Å². The molecular weight excluding hydrogens is 388 g/mol. The zero-order valence-electron chi connectivity index (χ0n) is 18.0. The van der Waals surface area contributed by atoms with E-state index in [1.165, 1.54) is 6.42 Å². The van der Waals surface area contributed by atoms with Gasteiger partial charge in [-0.1, -0.05) is 36.4 Å². The van der Waals surface area contributed by atoms with E-state index in [0.717, 1.165) is 48.1 Å². The van der Waals surface area contributed by atoms with Gasteiger partial charge in [-0.05, 0) is 48.9 Å². The molecule has 2 N–H and O–H groups in total. The quantitative estimate of drug-likeness (QED) is 0.616. The maximum atomic E-state index is 13.2. The van der Waals surface area contributed by atoms with Gasteiger partial charge in [-0.25, -0.2) is 4.79 Å². The number of carbonyl (C=O) groups is 2. The molecule has 0 radical (unpaired) electrons. The summed E-state index contributed by atoms with van der Waals surface area (Å²) in [5.74, 6) is 0.0153. The monoisotopic (exact) mass is 416 g/mol. The summed E-state index contributed by atoms with van der Waals surface area (Å²) < 4.78 is 0. The Hall–Kier alpha value is -3.54. The standard InChI is InChI=1S/C25H28N4O2/c1-28(2)23-14-13-19(17-21(23)24(30)29-15-6-3-7-16-29)26-25(31)27-22-12-8-10-18-9-4-5-11-20(18)22/h4-5,8-14,17H,3,6-7,15-16H2,1-2H3,(H2,26,27,31). The van der Waals surface area contributed by atoms with Crippen LogP contribution in [0.25, 0.3) is 10.8 Å². The highest BCUT2D eigenvalue weighted by atomic mass is 16.2. The van der Waals surface area contributed by atoms with Crippen LogP contribution in [0.15, 0.2) is 60.7 Å². The van der Waals surface area contributed by atoms with Gasteiger partial charge < -0.3 is 20.4 Å². The second-order valence-corrected chi connectivity index (χ2v) is 8.09. The Balaban J connectivity index is 1.55. The number of rotatable bonds is 4. The number of carbonyl (C=O) groups excluding carboxylic acids is 2. The number of benzene rings is 3. The van der Waals surface area contributed by atoms with Gasteiger partial charge in [-0.2, -0.15) is 0 Å². The predicted octanol–water partition coefficient (Wildman–Crippen LogP) is 5.18. The van der Waals surface area contributed by atoms with Crippen molar-refractivity contribution in [3.05, 3.63) is 66.2 Å². The lowest BCUT2D eigenvalue weighted by Gasteiger charge is -2.28. The normalized spacial score (nSPS) is 13.7. The summed E-state index contributed by atoms with van der Waals surface area (Å²) in [6.45, 7) is 1.57. The number of likely N-dealkylation sites (tertiary alicyclic amines) is 1. The Kier molecular flexibility index (Phi) is 6.07. The third-order valence-electron chi connectivity index (χ3n) is 5.65. The summed E-state index contributed by atoms with van der Waals surface area (Å²) in [5.41, 5.74) is 2.78.